The number of carbonyl (C=O) groups excluding carboxylic acids is 1. The number of anilines is 1. The number of thioether (sulfide) groups is 1. The molecule has 0 aromatic carbocycles. The van der Waals surface area contributed by atoms with Crippen LogP contribution < -0.4 is 5.32 Å². The van der Waals surface area contributed by atoms with E-state index in [4.69, 9.17) is 0 Å². The van der Waals surface area contributed by atoms with Gasteiger partial charge in [-0.1, -0.05) is 12.8 Å². The molecular formula is C14H19N3OS. The molecule has 2 atom stereocenters. The molecule has 19 heavy (non-hydrogen) atoms. The molecule has 2 unspecified atom stereocenters. The van der Waals surface area contributed by atoms with Crippen molar-refractivity contribution in [1.82, 2.24) is 9.88 Å². The van der Waals surface area contributed by atoms with Crippen LogP contribution in [0.25, 0.3) is 0 Å². The fourth-order valence-electron chi connectivity index (χ4n) is 2.98. The molecule has 1 aromatic heterocycles. The Labute approximate surface area is 118 Å². The van der Waals surface area contributed by atoms with E-state index in [1.165, 1.54) is 19.3 Å². The van der Waals surface area contributed by atoms with Crippen molar-refractivity contribution in [2.45, 2.75) is 37.0 Å². The zero-order valence-corrected chi connectivity index (χ0v) is 11.7. The first kappa shape index (κ1) is 12.8. The molecule has 1 saturated heterocycles. The van der Waals surface area contributed by atoms with Gasteiger partial charge in [-0.25, -0.2) is 4.79 Å². The van der Waals surface area contributed by atoms with E-state index in [0.29, 0.717) is 11.3 Å². The van der Waals surface area contributed by atoms with Gasteiger partial charge in [0.2, 0.25) is 0 Å². The van der Waals surface area contributed by atoms with Crippen LogP contribution in [0.3, 0.4) is 0 Å². The minimum absolute atomic E-state index is 0.0326. The summed E-state index contributed by atoms with van der Waals surface area (Å²) in [4.78, 5) is 18.5. The summed E-state index contributed by atoms with van der Waals surface area (Å²) in [6.07, 6.45) is 8.37. The minimum atomic E-state index is 0.0326. The van der Waals surface area contributed by atoms with Crippen molar-refractivity contribution in [2.75, 3.05) is 17.6 Å². The monoisotopic (exact) mass is 277 g/mol. The number of aromatic nitrogens is 1. The fourth-order valence-corrected chi connectivity index (χ4v) is 4.42. The number of carbonyl (C=O) groups is 1. The number of nitrogens with zero attached hydrogens (tertiary/aromatic N) is 2. The highest BCUT2D eigenvalue weighted by molar-refractivity contribution is 8.00. The lowest BCUT2D eigenvalue weighted by atomic mass is 9.93. The summed E-state index contributed by atoms with van der Waals surface area (Å²) in [5.41, 5.74) is 0.776. The van der Waals surface area contributed by atoms with Gasteiger partial charge in [-0.05, 0) is 25.0 Å². The molecule has 1 aromatic rings. The van der Waals surface area contributed by atoms with Gasteiger partial charge in [0.05, 0.1) is 11.9 Å². The van der Waals surface area contributed by atoms with E-state index in [-0.39, 0.29) is 6.03 Å². The second-order valence-corrected chi connectivity index (χ2v) is 6.47. The van der Waals surface area contributed by atoms with E-state index >= 15 is 0 Å². The highest BCUT2D eigenvalue weighted by Crippen LogP contribution is 2.35. The number of nitrogens with one attached hydrogen (secondary N) is 1. The first-order chi connectivity index (χ1) is 9.34. The van der Waals surface area contributed by atoms with E-state index in [1.54, 1.807) is 12.4 Å². The van der Waals surface area contributed by atoms with Gasteiger partial charge in [-0.15, -0.1) is 0 Å². The predicted octanol–water partition coefficient (Wildman–Crippen LogP) is 2.97. The van der Waals surface area contributed by atoms with E-state index < -0.39 is 0 Å². The Morgan fingerprint density at radius 2 is 2.32 bits per heavy atom. The molecule has 1 aliphatic heterocycles. The van der Waals surface area contributed by atoms with Gasteiger partial charge in [0, 0.05) is 29.8 Å². The Bertz CT molecular complexity index is 438. The smallest absolute Gasteiger partial charge is 0.320 e. The van der Waals surface area contributed by atoms with E-state index in [9.17, 15) is 4.79 Å². The molecule has 2 amide bonds. The first-order valence-corrected chi connectivity index (χ1v) is 7.99. The summed E-state index contributed by atoms with van der Waals surface area (Å²) in [5, 5.41) is 3.60. The molecule has 0 bridgehead atoms. The van der Waals surface area contributed by atoms with Crippen LogP contribution >= 0.6 is 11.8 Å². The Balaban J connectivity index is 1.68. The third-order valence-corrected chi connectivity index (χ3v) is 5.30. The van der Waals surface area contributed by atoms with Crippen LogP contribution in [0.2, 0.25) is 0 Å². The molecule has 1 saturated carbocycles. The van der Waals surface area contributed by atoms with Crippen molar-refractivity contribution in [1.29, 1.82) is 0 Å². The lowest BCUT2D eigenvalue weighted by molar-refractivity contribution is 0.171. The Hall–Kier alpha value is -1.23. The van der Waals surface area contributed by atoms with Crippen LogP contribution in [-0.2, 0) is 0 Å². The average molecular weight is 277 g/mol. The van der Waals surface area contributed by atoms with Gasteiger partial charge < -0.3 is 10.2 Å². The third kappa shape index (κ3) is 2.86. The second kappa shape index (κ2) is 5.82. The third-order valence-electron chi connectivity index (χ3n) is 3.91. The largest absolute Gasteiger partial charge is 0.322 e. The van der Waals surface area contributed by atoms with E-state index in [0.717, 1.165) is 24.4 Å². The summed E-state index contributed by atoms with van der Waals surface area (Å²) in [6.45, 7) is 0.859. The van der Waals surface area contributed by atoms with Gasteiger partial charge >= 0.3 is 6.03 Å². The molecule has 102 valence electrons. The van der Waals surface area contributed by atoms with Gasteiger partial charge in [0.25, 0.3) is 0 Å². The maximum atomic E-state index is 12.4. The highest BCUT2D eigenvalue weighted by Gasteiger charge is 2.36. The van der Waals surface area contributed by atoms with Crippen molar-refractivity contribution in [3.05, 3.63) is 24.5 Å². The van der Waals surface area contributed by atoms with E-state index in [1.807, 2.05) is 28.8 Å². The number of pyridine rings is 1. The zero-order valence-electron chi connectivity index (χ0n) is 10.9. The number of amides is 2. The Morgan fingerprint density at radius 3 is 3.16 bits per heavy atom. The topological polar surface area (TPSA) is 45.2 Å². The van der Waals surface area contributed by atoms with Crippen LogP contribution in [0, 0.1) is 0 Å². The Kier molecular flexibility index (Phi) is 3.92. The number of rotatable bonds is 1. The van der Waals surface area contributed by atoms with Crippen LogP contribution in [0.1, 0.15) is 25.7 Å². The van der Waals surface area contributed by atoms with Crippen LogP contribution in [0.15, 0.2) is 24.5 Å². The summed E-state index contributed by atoms with van der Waals surface area (Å²) in [7, 11) is 0. The lowest BCUT2D eigenvalue weighted by Crippen LogP contribution is -2.53. The van der Waals surface area contributed by atoms with Crippen LogP contribution in [0.4, 0.5) is 10.5 Å². The lowest BCUT2D eigenvalue weighted by Gasteiger charge is -2.43. The number of fused-ring (bicyclic) bond motifs is 1. The molecule has 3 rings (SSSR count). The molecule has 0 spiro atoms. The van der Waals surface area contributed by atoms with Crippen molar-refractivity contribution < 1.29 is 4.79 Å². The predicted molar refractivity (Wildman–Crippen MR) is 78.5 cm³/mol. The SMILES string of the molecule is O=C(Nc1cccnc1)N1CCSC2CCCCC21. The van der Waals surface area contributed by atoms with Gasteiger partial charge in [0.1, 0.15) is 0 Å². The molecule has 2 heterocycles. The standard InChI is InChI=1S/C14H19N3OS/c18-14(16-11-4-3-7-15-10-11)17-8-9-19-13-6-2-1-5-12(13)17/h3-4,7,10,12-13H,1-2,5-6,8-9H2,(H,16,18). The molecule has 1 N–H and O–H groups in total. The molecule has 2 aliphatic rings. The molecule has 4 nitrogen and oxygen atoms in total. The summed E-state index contributed by atoms with van der Waals surface area (Å²) in [6, 6.07) is 4.17. The van der Waals surface area contributed by atoms with Crippen molar-refractivity contribution in [3.8, 4) is 0 Å². The zero-order chi connectivity index (χ0) is 13.1. The maximum absolute atomic E-state index is 12.4. The first-order valence-electron chi connectivity index (χ1n) is 6.94. The minimum Gasteiger partial charge on any atom is -0.320 e. The van der Waals surface area contributed by atoms with Crippen molar-refractivity contribution in [3.63, 3.8) is 0 Å². The van der Waals surface area contributed by atoms with Crippen molar-refractivity contribution in [2.24, 2.45) is 0 Å². The second-order valence-electron chi connectivity index (χ2n) is 5.13. The van der Waals surface area contributed by atoms with Gasteiger partial charge in [-0.3, -0.25) is 4.98 Å². The van der Waals surface area contributed by atoms with Gasteiger partial charge in [-0.2, -0.15) is 11.8 Å². The fraction of sp³-hybridized carbons (Fsp3) is 0.571. The number of urea groups is 1. The molecule has 2 fully saturated rings. The quantitative estimate of drug-likeness (QED) is 0.858. The molecule has 1 aliphatic carbocycles. The summed E-state index contributed by atoms with van der Waals surface area (Å²) >= 11 is 2.04. The highest BCUT2D eigenvalue weighted by atomic mass is 32.2. The number of hydrogen-bond donors (Lipinski definition) is 1. The summed E-state index contributed by atoms with van der Waals surface area (Å²) < 4.78 is 0. The normalized spacial score (nSPS) is 26.6. The average Bonchev–Trinajstić information content (AvgIpc) is 2.47. The molecule has 5 heteroatoms. The number of hydrogen-bond acceptors (Lipinski definition) is 3. The summed E-state index contributed by atoms with van der Waals surface area (Å²) in [5.74, 6) is 1.06. The Morgan fingerprint density at radius 1 is 1.42 bits per heavy atom. The van der Waals surface area contributed by atoms with E-state index in [2.05, 4.69) is 10.3 Å². The molecule has 0 radical (unpaired) electrons. The maximum Gasteiger partial charge on any atom is 0.322 e. The van der Waals surface area contributed by atoms with Crippen molar-refractivity contribution >= 4 is 23.5 Å². The van der Waals surface area contributed by atoms with Gasteiger partial charge in [0.15, 0.2) is 0 Å². The van der Waals surface area contributed by atoms with Crippen LogP contribution in [-0.4, -0.2) is 39.5 Å². The van der Waals surface area contributed by atoms with Crippen LogP contribution in [0.5, 0.6) is 0 Å². The molecular weight excluding hydrogens is 258 g/mol.